The van der Waals surface area contributed by atoms with Crippen LogP contribution in [-0.2, 0) is 5.60 Å². The van der Waals surface area contributed by atoms with E-state index in [1.807, 2.05) is 37.3 Å². The van der Waals surface area contributed by atoms with Crippen LogP contribution in [0.5, 0.6) is 0 Å². The molecule has 1 aromatic rings. The van der Waals surface area contributed by atoms with Crippen LogP contribution in [0.4, 0.5) is 0 Å². The third kappa shape index (κ3) is 3.65. The number of β-amino-alcohol motifs (C(OH)–C–C–N with tert-alkyl or cyclic N) is 1. The number of likely N-dealkylation sites (tertiary alicyclic amines) is 1. The molecule has 2 saturated heterocycles. The summed E-state index contributed by atoms with van der Waals surface area (Å²) in [4.78, 5) is 2.46. The van der Waals surface area contributed by atoms with Crippen LogP contribution in [-0.4, -0.2) is 42.2 Å². The molecular weight excluding hydrogens is 260 g/mol. The summed E-state index contributed by atoms with van der Waals surface area (Å²) in [6, 6.07) is 10.8. The Bertz CT molecular complexity index is 440. The molecule has 0 aliphatic carbocycles. The summed E-state index contributed by atoms with van der Waals surface area (Å²) in [6.45, 7) is 6.11. The highest BCUT2D eigenvalue weighted by molar-refractivity contribution is 5.21. The summed E-state index contributed by atoms with van der Waals surface area (Å²) >= 11 is 0. The van der Waals surface area contributed by atoms with E-state index in [0.717, 1.165) is 31.1 Å². The third-order valence-corrected chi connectivity index (χ3v) is 5.14. The van der Waals surface area contributed by atoms with Crippen LogP contribution in [0, 0.1) is 5.92 Å². The number of hydrogen-bond donors (Lipinski definition) is 2. The average molecular weight is 288 g/mol. The first-order valence-corrected chi connectivity index (χ1v) is 8.39. The molecule has 0 radical (unpaired) electrons. The van der Waals surface area contributed by atoms with Crippen molar-refractivity contribution in [2.24, 2.45) is 5.92 Å². The van der Waals surface area contributed by atoms with E-state index in [4.69, 9.17) is 0 Å². The summed E-state index contributed by atoms with van der Waals surface area (Å²) in [5.74, 6) is 0.757. The van der Waals surface area contributed by atoms with E-state index in [9.17, 15) is 5.11 Å². The molecule has 2 fully saturated rings. The molecule has 3 atom stereocenters. The molecule has 0 aromatic heterocycles. The van der Waals surface area contributed by atoms with Crippen molar-refractivity contribution in [2.75, 3.05) is 26.2 Å². The second-order valence-corrected chi connectivity index (χ2v) is 6.98. The van der Waals surface area contributed by atoms with E-state index < -0.39 is 5.60 Å². The summed E-state index contributed by atoms with van der Waals surface area (Å²) in [5, 5.41) is 14.5. The lowest BCUT2D eigenvalue weighted by molar-refractivity contribution is 0.000671. The standard InChI is InChI=1S/C18H28N2O/c1-18(21,16-8-3-2-4-9-16)14-20-12-6-7-15(13-20)17-10-5-11-19-17/h2-4,8-9,15,17,19,21H,5-7,10-14H2,1H3. The molecule has 0 saturated carbocycles. The first-order chi connectivity index (χ1) is 10.1. The fourth-order valence-corrected chi connectivity index (χ4v) is 4.00. The maximum Gasteiger partial charge on any atom is 0.0994 e. The summed E-state index contributed by atoms with van der Waals surface area (Å²) in [6.07, 6.45) is 5.24. The van der Waals surface area contributed by atoms with Gasteiger partial charge in [-0.25, -0.2) is 0 Å². The van der Waals surface area contributed by atoms with Crippen molar-refractivity contribution in [1.29, 1.82) is 0 Å². The monoisotopic (exact) mass is 288 g/mol. The van der Waals surface area contributed by atoms with E-state index in [1.165, 1.54) is 32.2 Å². The smallest absolute Gasteiger partial charge is 0.0994 e. The van der Waals surface area contributed by atoms with Gasteiger partial charge in [0.05, 0.1) is 5.60 Å². The van der Waals surface area contributed by atoms with Crippen LogP contribution in [0.15, 0.2) is 30.3 Å². The molecule has 116 valence electrons. The maximum absolute atomic E-state index is 10.8. The van der Waals surface area contributed by atoms with Gasteiger partial charge in [-0.15, -0.1) is 0 Å². The maximum atomic E-state index is 10.8. The Morgan fingerprint density at radius 2 is 2.05 bits per heavy atom. The zero-order chi connectivity index (χ0) is 14.7. The molecule has 3 rings (SSSR count). The molecule has 1 aromatic carbocycles. The van der Waals surface area contributed by atoms with Crippen molar-refractivity contribution in [1.82, 2.24) is 10.2 Å². The second kappa shape index (κ2) is 6.47. The number of benzene rings is 1. The normalized spacial score (nSPS) is 30.2. The van der Waals surface area contributed by atoms with E-state index in [1.54, 1.807) is 0 Å². The highest BCUT2D eigenvalue weighted by Gasteiger charge is 2.32. The van der Waals surface area contributed by atoms with E-state index in [-0.39, 0.29) is 0 Å². The van der Waals surface area contributed by atoms with Crippen molar-refractivity contribution < 1.29 is 5.11 Å². The highest BCUT2D eigenvalue weighted by Crippen LogP contribution is 2.28. The van der Waals surface area contributed by atoms with Crippen molar-refractivity contribution in [3.63, 3.8) is 0 Å². The molecule has 2 heterocycles. The predicted molar refractivity (Wildman–Crippen MR) is 86.2 cm³/mol. The highest BCUT2D eigenvalue weighted by atomic mass is 16.3. The Hall–Kier alpha value is -0.900. The molecule has 3 heteroatoms. The summed E-state index contributed by atoms with van der Waals surface area (Å²) < 4.78 is 0. The molecule has 0 amide bonds. The fourth-order valence-electron chi connectivity index (χ4n) is 4.00. The van der Waals surface area contributed by atoms with E-state index in [0.29, 0.717) is 6.04 Å². The van der Waals surface area contributed by atoms with Gasteiger partial charge < -0.3 is 10.4 Å². The lowest BCUT2D eigenvalue weighted by Crippen LogP contribution is -2.47. The minimum atomic E-state index is -0.758. The zero-order valence-electron chi connectivity index (χ0n) is 13.1. The van der Waals surface area contributed by atoms with Crippen LogP contribution in [0.3, 0.4) is 0 Å². The Labute approximate surface area is 128 Å². The van der Waals surface area contributed by atoms with Crippen LogP contribution >= 0.6 is 0 Å². The summed E-state index contributed by atoms with van der Waals surface area (Å²) in [5.41, 5.74) is 0.262. The Balaban J connectivity index is 1.61. The Morgan fingerprint density at radius 1 is 1.24 bits per heavy atom. The van der Waals surface area contributed by atoms with Crippen molar-refractivity contribution >= 4 is 0 Å². The van der Waals surface area contributed by atoms with Crippen molar-refractivity contribution in [3.8, 4) is 0 Å². The van der Waals surface area contributed by atoms with Gasteiger partial charge in [0.25, 0.3) is 0 Å². The fraction of sp³-hybridized carbons (Fsp3) is 0.667. The second-order valence-electron chi connectivity index (χ2n) is 6.98. The molecule has 3 nitrogen and oxygen atoms in total. The van der Waals surface area contributed by atoms with Crippen LogP contribution in [0.25, 0.3) is 0 Å². The molecule has 2 N–H and O–H groups in total. The minimum Gasteiger partial charge on any atom is -0.384 e. The number of aliphatic hydroxyl groups is 1. The quantitative estimate of drug-likeness (QED) is 0.893. The minimum absolute atomic E-state index is 0.703. The van der Waals surface area contributed by atoms with E-state index >= 15 is 0 Å². The van der Waals surface area contributed by atoms with E-state index in [2.05, 4.69) is 10.2 Å². The van der Waals surface area contributed by atoms with Gasteiger partial charge >= 0.3 is 0 Å². The third-order valence-electron chi connectivity index (χ3n) is 5.14. The molecular formula is C18H28N2O. The van der Waals surface area contributed by atoms with Crippen LogP contribution in [0.1, 0.15) is 38.2 Å². The number of rotatable bonds is 4. The van der Waals surface area contributed by atoms with Gasteiger partial charge in [-0.05, 0) is 57.2 Å². The largest absolute Gasteiger partial charge is 0.384 e. The Kier molecular flexibility index (Phi) is 4.63. The SMILES string of the molecule is CC(O)(CN1CCCC(C2CCCN2)C1)c1ccccc1. The van der Waals surface area contributed by atoms with Crippen LogP contribution in [0.2, 0.25) is 0 Å². The van der Waals surface area contributed by atoms with Gasteiger partial charge in [-0.1, -0.05) is 30.3 Å². The van der Waals surface area contributed by atoms with Gasteiger partial charge in [0.2, 0.25) is 0 Å². The van der Waals surface area contributed by atoms with Gasteiger partial charge in [0, 0.05) is 19.1 Å². The lowest BCUT2D eigenvalue weighted by atomic mass is 9.88. The topological polar surface area (TPSA) is 35.5 Å². The lowest BCUT2D eigenvalue weighted by Gasteiger charge is -2.39. The van der Waals surface area contributed by atoms with Gasteiger partial charge in [0.15, 0.2) is 0 Å². The molecule has 2 aliphatic heterocycles. The number of hydrogen-bond acceptors (Lipinski definition) is 3. The molecule has 0 spiro atoms. The van der Waals surface area contributed by atoms with Crippen molar-refractivity contribution in [2.45, 2.75) is 44.2 Å². The van der Waals surface area contributed by atoms with Gasteiger partial charge in [-0.2, -0.15) is 0 Å². The number of nitrogens with one attached hydrogen (secondary N) is 1. The van der Waals surface area contributed by atoms with Crippen LogP contribution < -0.4 is 5.32 Å². The molecule has 3 unspecified atom stereocenters. The summed E-state index contributed by atoms with van der Waals surface area (Å²) in [7, 11) is 0. The number of piperidine rings is 1. The Morgan fingerprint density at radius 3 is 2.76 bits per heavy atom. The molecule has 0 bridgehead atoms. The van der Waals surface area contributed by atoms with Gasteiger partial charge in [-0.3, -0.25) is 4.90 Å². The zero-order valence-corrected chi connectivity index (χ0v) is 13.1. The average Bonchev–Trinajstić information content (AvgIpc) is 3.02. The molecule has 2 aliphatic rings. The first-order valence-electron chi connectivity index (χ1n) is 8.39. The number of nitrogens with zero attached hydrogens (tertiary/aromatic N) is 1. The predicted octanol–water partition coefficient (Wildman–Crippen LogP) is 2.36. The molecule has 21 heavy (non-hydrogen) atoms. The first kappa shape index (κ1) is 15.0. The van der Waals surface area contributed by atoms with Gasteiger partial charge in [0.1, 0.15) is 0 Å². The van der Waals surface area contributed by atoms with Crippen molar-refractivity contribution in [3.05, 3.63) is 35.9 Å².